The lowest BCUT2D eigenvalue weighted by Gasteiger charge is -2.20. The minimum Gasteiger partial charge on any atom is -0.296 e. The molecular weight excluding hydrogens is 569 g/mol. The van der Waals surface area contributed by atoms with Crippen molar-refractivity contribution >= 4 is 43.4 Å². The van der Waals surface area contributed by atoms with Crippen molar-refractivity contribution in [2.45, 2.75) is 13.2 Å². The van der Waals surface area contributed by atoms with Crippen LogP contribution in [-0.2, 0) is 6.37 Å². The molecule has 0 fully saturated rings. The molecule has 0 saturated carbocycles. The van der Waals surface area contributed by atoms with Crippen LogP contribution in [0.4, 0.5) is 0 Å². The fourth-order valence-corrected chi connectivity index (χ4v) is 6.69. The number of imidazole rings is 1. The lowest BCUT2D eigenvalue weighted by atomic mass is 9.84. The largest absolute Gasteiger partial charge is 0.296 e. The number of hydrogen-bond donors (Lipinski definition) is 0. The molecule has 0 radical (unpaired) electrons. The number of benzene rings is 8. The van der Waals surface area contributed by atoms with Crippen LogP contribution < -0.4 is 0 Å². The maximum atomic E-state index is 9.44. The quantitative estimate of drug-likeness (QED) is 0.177. The summed E-state index contributed by atoms with van der Waals surface area (Å²) < 4.78 is 116. The fraction of sp³-hybridized carbons (Fsp3) is 0.0444. The first-order valence-electron chi connectivity index (χ1n) is 21.7. The second-order valence-electron chi connectivity index (χ2n) is 11.3. The van der Waals surface area contributed by atoms with Crippen molar-refractivity contribution in [1.82, 2.24) is 9.55 Å². The molecule has 0 N–H and O–H groups in total. The van der Waals surface area contributed by atoms with E-state index in [1.807, 2.05) is 42.5 Å². The van der Waals surface area contributed by atoms with Gasteiger partial charge in [0, 0.05) is 18.6 Å². The Bertz CT molecular complexity index is 3170. The molecule has 0 aliphatic carbocycles. The summed E-state index contributed by atoms with van der Waals surface area (Å²) in [5, 5.41) is 1.21. The van der Waals surface area contributed by atoms with Gasteiger partial charge in [0.1, 0.15) is 5.82 Å². The first kappa shape index (κ1) is 17.1. The molecule has 0 bridgehead atoms. The Morgan fingerprint density at radius 3 is 1.83 bits per heavy atom. The van der Waals surface area contributed by atoms with Gasteiger partial charge in [0.05, 0.1) is 27.7 Å². The number of aryl methyl sites for hydroxylation is 1. The molecule has 0 atom stereocenters. The maximum absolute atomic E-state index is 9.44. The van der Waals surface area contributed by atoms with Gasteiger partial charge in [0.2, 0.25) is 0 Å². The van der Waals surface area contributed by atoms with E-state index >= 15 is 0 Å². The third-order valence-corrected chi connectivity index (χ3v) is 8.74. The minimum atomic E-state index is -3.09. The first-order chi connectivity index (χ1) is 28.5. The first-order valence-corrected chi connectivity index (χ1v) is 15.2. The van der Waals surface area contributed by atoms with E-state index in [0.717, 1.165) is 11.1 Å². The topological polar surface area (TPSA) is 17.8 Å². The molecule has 9 rings (SSSR count). The van der Waals surface area contributed by atoms with Crippen molar-refractivity contribution in [3.63, 3.8) is 0 Å². The van der Waals surface area contributed by atoms with Gasteiger partial charge >= 0.3 is 0 Å². The third-order valence-electron chi connectivity index (χ3n) is 8.74. The molecule has 222 valence electrons. The molecule has 0 aliphatic heterocycles. The monoisotopic (exact) mass is 613 g/mol. The fourth-order valence-electron chi connectivity index (χ4n) is 6.69. The normalized spacial score (nSPS) is 16.1. The van der Waals surface area contributed by atoms with E-state index in [9.17, 15) is 5.48 Å². The zero-order valence-corrected chi connectivity index (χ0v) is 24.9. The van der Waals surface area contributed by atoms with Gasteiger partial charge in [-0.25, -0.2) is 4.98 Å². The van der Waals surface area contributed by atoms with Gasteiger partial charge in [-0.1, -0.05) is 152 Å². The van der Waals surface area contributed by atoms with E-state index in [0.29, 0.717) is 38.6 Å². The van der Waals surface area contributed by atoms with Crippen LogP contribution in [0.25, 0.3) is 82.4 Å². The van der Waals surface area contributed by atoms with Gasteiger partial charge in [0.15, 0.2) is 0 Å². The van der Waals surface area contributed by atoms with Crippen molar-refractivity contribution in [2.24, 2.45) is 0 Å². The lowest BCUT2D eigenvalue weighted by Crippen LogP contribution is -2.01. The van der Waals surface area contributed by atoms with Gasteiger partial charge in [-0.15, -0.1) is 0 Å². The molecule has 47 heavy (non-hydrogen) atoms. The highest BCUT2D eigenvalue weighted by Gasteiger charge is 2.20. The zero-order valence-electron chi connectivity index (χ0n) is 37.9. The summed E-state index contributed by atoms with van der Waals surface area (Å²) in [5.74, 6) is -0.344. The molecule has 0 saturated heterocycles. The van der Waals surface area contributed by atoms with Crippen LogP contribution in [0, 0.1) is 0 Å². The van der Waals surface area contributed by atoms with E-state index in [1.54, 1.807) is 72.8 Å². The number of hydrogen-bond acceptors (Lipinski definition) is 1. The molecule has 2 nitrogen and oxygen atoms in total. The smallest absolute Gasteiger partial charge is 0.114 e. The van der Waals surface area contributed by atoms with Crippen LogP contribution in [0.5, 0.6) is 0 Å². The Kier molecular flexibility index (Phi) is 4.04. The molecule has 0 spiro atoms. The van der Waals surface area contributed by atoms with Crippen molar-refractivity contribution in [2.75, 3.05) is 0 Å². The molecular formula is C45H32N2. The number of nitrogens with zero attached hydrogens (tertiary/aromatic N) is 2. The summed E-state index contributed by atoms with van der Waals surface area (Å²) >= 11 is 0. The van der Waals surface area contributed by atoms with Crippen molar-refractivity contribution < 1.29 is 17.8 Å². The van der Waals surface area contributed by atoms with Gasteiger partial charge < -0.3 is 0 Å². The number of aromatic nitrogens is 2. The predicted octanol–water partition coefficient (Wildman–Crippen LogP) is 12.0. The molecule has 2 heteroatoms. The van der Waals surface area contributed by atoms with E-state index in [1.165, 1.54) is 4.57 Å². The molecule has 0 unspecified atom stereocenters. The molecule has 9 aromatic rings. The Hall–Kier alpha value is -5.99. The number of fused-ring (bicyclic) bond motifs is 4. The minimum absolute atomic E-state index is 0.0473. The van der Waals surface area contributed by atoms with Crippen molar-refractivity contribution in [1.29, 1.82) is 0 Å². The molecule has 0 aliphatic rings. The van der Waals surface area contributed by atoms with Crippen LogP contribution in [0.3, 0.4) is 0 Å². The van der Waals surface area contributed by atoms with E-state index < -0.39 is 49.5 Å². The highest BCUT2D eigenvalue weighted by Crippen LogP contribution is 2.46. The number of rotatable bonds is 5. The Morgan fingerprint density at radius 2 is 1.13 bits per heavy atom. The molecule has 1 aromatic heterocycles. The van der Waals surface area contributed by atoms with Crippen LogP contribution in [0.2, 0.25) is 0 Å². The second kappa shape index (κ2) is 11.1. The highest BCUT2D eigenvalue weighted by molar-refractivity contribution is 6.23. The Morgan fingerprint density at radius 1 is 0.553 bits per heavy atom. The summed E-state index contributed by atoms with van der Waals surface area (Å²) in [6.07, 6.45) is -2.89. The molecule has 1 heterocycles. The Labute approximate surface area is 292 Å². The summed E-state index contributed by atoms with van der Waals surface area (Å²) in [5.41, 5.74) is 4.23. The van der Waals surface area contributed by atoms with E-state index in [-0.39, 0.29) is 50.6 Å². The van der Waals surface area contributed by atoms with Crippen molar-refractivity contribution in [3.05, 3.63) is 169 Å². The highest BCUT2D eigenvalue weighted by atomic mass is 15.1. The average molecular weight is 614 g/mol. The summed E-state index contributed by atoms with van der Waals surface area (Å²) in [6.45, 7) is -3.09. The average Bonchev–Trinajstić information content (AvgIpc) is 3.65. The zero-order chi connectivity index (χ0) is 42.6. The maximum Gasteiger partial charge on any atom is 0.114 e. The van der Waals surface area contributed by atoms with Crippen LogP contribution >= 0.6 is 0 Å². The lowest BCUT2D eigenvalue weighted by molar-refractivity contribution is 0.913. The summed E-state index contributed by atoms with van der Waals surface area (Å²) in [7, 11) is 0. The molecule has 8 aromatic carbocycles. The van der Waals surface area contributed by atoms with Gasteiger partial charge in [-0.3, -0.25) is 4.57 Å². The van der Waals surface area contributed by atoms with Crippen molar-refractivity contribution in [3.8, 4) is 39.1 Å². The van der Waals surface area contributed by atoms with Crippen LogP contribution in [0.15, 0.2) is 164 Å². The van der Waals surface area contributed by atoms with E-state index in [2.05, 4.69) is 4.98 Å². The Balaban J connectivity index is 1.45. The van der Waals surface area contributed by atoms with Gasteiger partial charge in [-0.2, -0.15) is 0 Å². The van der Waals surface area contributed by atoms with Crippen LogP contribution in [-0.4, -0.2) is 9.55 Å². The number of para-hydroxylation sites is 2. The second-order valence-corrected chi connectivity index (χ2v) is 11.3. The predicted molar refractivity (Wildman–Crippen MR) is 199 cm³/mol. The van der Waals surface area contributed by atoms with Crippen LogP contribution in [0.1, 0.15) is 30.5 Å². The van der Waals surface area contributed by atoms with Gasteiger partial charge in [-0.05, 0) is 78.5 Å². The SMILES string of the molecule is [2H]c1c([2H])c([2H])c2c(-c3ccc(-n4c(C([2H])([2H])C([2H])([2H])[2H])nc5ccccc54)c4ccccc34)c3c([2H])c([2H])c([2H])c([2H])c3c(-c3ccc(-c4ccccc4)cc3)c2c1[2H]. The van der Waals surface area contributed by atoms with E-state index in [4.69, 9.17) is 12.3 Å². The third kappa shape index (κ3) is 4.37. The van der Waals surface area contributed by atoms with Gasteiger partial charge in [0.25, 0.3) is 0 Å². The summed E-state index contributed by atoms with van der Waals surface area (Å²) in [4.78, 5) is 4.50. The standard InChI is InChI=1S/C45H32N2/c1-2-43-46-40-22-12-13-23-42(40)47(43)41-29-28-39(33-16-6-7-17-34(33)41)45-37-20-10-8-18-35(37)44(36-19-9-11-21-38(36)45)32-26-24-31(25-27-32)30-14-4-3-5-15-30/h3-29H,2H2,1H3/i1D3,2D2,8D,9D,10D,11D,18D,19D,20D,21D. The molecule has 0 amide bonds. The summed E-state index contributed by atoms with van der Waals surface area (Å²) in [6, 6.07) is 30.5.